The Kier molecular flexibility index (Phi) is 2.90. The average Bonchev–Trinajstić information content (AvgIpc) is 2.07. The fraction of sp³-hybridized carbons (Fsp3) is 0.429. The second-order valence-corrected chi connectivity index (χ2v) is 4.10. The fourth-order valence-electron chi connectivity index (χ4n) is 1.07. The Balaban J connectivity index is 3.14. The van der Waals surface area contributed by atoms with Crippen LogP contribution in [-0.2, 0) is 0 Å². The summed E-state index contributed by atoms with van der Waals surface area (Å²) < 4.78 is 47.4. The molecule has 84 valence electrons. The van der Waals surface area contributed by atoms with Gasteiger partial charge in [0.2, 0.25) is 6.17 Å². The summed E-state index contributed by atoms with van der Waals surface area (Å²) in [6.07, 6.45) is -5.67. The van der Waals surface area contributed by atoms with Gasteiger partial charge in [-0.1, -0.05) is 12.2 Å². The van der Waals surface area contributed by atoms with Crippen LogP contribution in [-0.4, -0.2) is 21.7 Å². The van der Waals surface area contributed by atoms with Crippen molar-refractivity contribution in [1.29, 1.82) is 0 Å². The SMILES string of the molecule is O=[N+]([O-])C1(Br)C=CC=C(C(F)(F)F)C1F. The number of nitro groups is 1. The first-order chi connectivity index (χ1) is 6.69. The molecule has 0 saturated heterocycles. The summed E-state index contributed by atoms with van der Waals surface area (Å²) in [5.74, 6) is 0. The van der Waals surface area contributed by atoms with E-state index in [1.54, 1.807) is 0 Å². The van der Waals surface area contributed by atoms with Crippen LogP contribution >= 0.6 is 15.9 Å². The van der Waals surface area contributed by atoms with Gasteiger partial charge in [-0.25, -0.2) is 4.39 Å². The van der Waals surface area contributed by atoms with Crippen LogP contribution in [0.5, 0.6) is 0 Å². The monoisotopic (exact) mass is 289 g/mol. The number of halogens is 5. The van der Waals surface area contributed by atoms with Crippen LogP contribution in [0, 0.1) is 10.1 Å². The van der Waals surface area contributed by atoms with Crippen LogP contribution in [0.2, 0.25) is 0 Å². The molecule has 0 aliphatic heterocycles. The van der Waals surface area contributed by atoms with E-state index in [1.165, 1.54) is 0 Å². The van der Waals surface area contributed by atoms with Gasteiger partial charge >= 0.3 is 10.6 Å². The van der Waals surface area contributed by atoms with E-state index in [4.69, 9.17) is 0 Å². The van der Waals surface area contributed by atoms with Crippen molar-refractivity contribution in [2.24, 2.45) is 0 Å². The topological polar surface area (TPSA) is 43.1 Å². The third-order valence-corrected chi connectivity index (χ3v) is 2.80. The summed E-state index contributed by atoms with van der Waals surface area (Å²) in [5, 5.41) is 10.4. The third kappa shape index (κ3) is 2.04. The largest absolute Gasteiger partial charge is 0.415 e. The van der Waals surface area contributed by atoms with Gasteiger partial charge in [-0.05, 0) is 0 Å². The number of hydrogen-bond acceptors (Lipinski definition) is 2. The normalized spacial score (nSPS) is 31.3. The lowest BCUT2D eigenvalue weighted by atomic mass is 9.98. The number of alkyl halides is 5. The summed E-state index contributed by atoms with van der Waals surface area (Å²) in [6.45, 7) is 0. The van der Waals surface area contributed by atoms with E-state index < -0.39 is 27.3 Å². The lowest BCUT2D eigenvalue weighted by molar-refractivity contribution is -0.529. The van der Waals surface area contributed by atoms with Crippen LogP contribution in [0.25, 0.3) is 0 Å². The molecule has 0 radical (unpaired) electrons. The molecule has 1 aliphatic carbocycles. The number of allylic oxidation sites excluding steroid dienone is 2. The fourth-order valence-corrected chi connectivity index (χ4v) is 1.46. The Labute approximate surface area is 89.7 Å². The lowest BCUT2D eigenvalue weighted by Crippen LogP contribution is -2.44. The summed E-state index contributed by atoms with van der Waals surface area (Å²) in [7, 11) is 0. The Morgan fingerprint density at radius 2 is 2.07 bits per heavy atom. The molecule has 2 atom stereocenters. The van der Waals surface area contributed by atoms with E-state index in [-0.39, 0.29) is 0 Å². The molecule has 15 heavy (non-hydrogen) atoms. The zero-order valence-electron chi connectivity index (χ0n) is 6.96. The maximum absolute atomic E-state index is 13.3. The highest BCUT2D eigenvalue weighted by molar-refractivity contribution is 9.10. The molecule has 0 aromatic rings. The highest BCUT2D eigenvalue weighted by Gasteiger charge is 2.56. The molecule has 0 N–H and O–H groups in total. The van der Waals surface area contributed by atoms with Crippen molar-refractivity contribution >= 4 is 15.9 Å². The smallest absolute Gasteiger partial charge is 0.263 e. The second-order valence-electron chi connectivity index (χ2n) is 2.83. The van der Waals surface area contributed by atoms with Crippen molar-refractivity contribution in [3.63, 3.8) is 0 Å². The molecule has 0 heterocycles. The van der Waals surface area contributed by atoms with Crippen molar-refractivity contribution in [2.75, 3.05) is 0 Å². The van der Waals surface area contributed by atoms with Crippen LogP contribution in [0.1, 0.15) is 0 Å². The molecule has 0 spiro atoms. The number of rotatable bonds is 1. The van der Waals surface area contributed by atoms with Crippen LogP contribution in [0.4, 0.5) is 17.6 Å². The van der Waals surface area contributed by atoms with E-state index in [1.807, 2.05) is 0 Å². The molecule has 0 saturated carbocycles. The molecule has 0 amide bonds. The minimum absolute atomic E-state index is 0.480. The Bertz CT molecular complexity index is 351. The molecule has 8 heteroatoms. The first-order valence-corrected chi connectivity index (χ1v) is 4.43. The van der Waals surface area contributed by atoms with E-state index in [0.717, 1.165) is 12.2 Å². The molecule has 3 nitrogen and oxygen atoms in total. The van der Waals surface area contributed by atoms with Gasteiger partial charge in [0.05, 0.1) is 5.57 Å². The van der Waals surface area contributed by atoms with E-state index >= 15 is 0 Å². The molecular formula is C7H4BrF4NO2. The number of nitrogens with zero attached hydrogens (tertiary/aromatic N) is 1. The minimum atomic E-state index is -4.92. The molecule has 1 aliphatic rings. The van der Waals surface area contributed by atoms with E-state index in [9.17, 15) is 27.7 Å². The number of hydrogen-bond donors (Lipinski definition) is 0. The first kappa shape index (κ1) is 12.2. The molecule has 2 unspecified atom stereocenters. The van der Waals surface area contributed by atoms with Gasteiger partial charge in [0, 0.05) is 26.9 Å². The molecule has 0 bridgehead atoms. The van der Waals surface area contributed by atoms with E-state index in [2.05, 4.69) is 15.9 Å². The van der Waals surface area contributed by atoms with Crippen molar-refractivity contribution in [1.82, 2.24) is 0 Å². The highest BCUT2D eigenvalue weighted by atomic mass is 79.9. The second kappa shape index (κ2) is 3.58. The zero-order valence-corrected chi connectivity index (χ0v) is 8.55. The van der Waals surface area contributed by atoms with E-state index in [0.29, 0.717) is 6.08 Å². The summed E-state index contributed by atoms with van der Waals surface area (Å²) in [4.78, 5) is 9.29. The highest BCUT2D eigenvalue weighted by Crippen LogP contribution is 2.41. The van der Waals surface area contributed by atoms with Gasteiger partial charge in [-0.15, -0.1) is 0 Å². The Morgan fingerprint density at radius 1 is 1.53 bits per heavy atom. The van der Waals surface area contributed by atoms with Gasteiger partial charge in [0.25, 0.3) is 0 Å². The molecule has 0 aromatic carbocycles. The quantitative estimate of drug-likeness (QED) is 0.245. The third-order valence-electron chi connectivity index (χ3n) is 1.84. The maximum Gasteiger partial charge on any atom is 0.415 e. The van der Waals surface area contributed by atoms with Gasteiger partial charge < -0.3 is 0 Å². The molecule has 0 aromatic heterocycles. The Hall–Kier alpha value is -0.920. The van der Waals surface area contributed by atoms with Gasteiger partial charge in [0.15, 0.2) is 0 Å². The zero-order chi connectivity index (χ0) is 11.9. The summed E-state index contributed by atoms with van der Waals surface area (Å²) >= 11 is 2.36. The lowest BCUT2D eigenvalue weighted by Gasteiger charge is -2.25. The minimum Gasteiger partial charge on any atom is -0.263 e. The average molecular weight is 290 g/mol. The first-order valence-electron chi connectivity index (χ1n) is 3.63. The van der Waals surface area contributed by atoms with Crippen molar-refractivity contribution in [2.45, 2.75) is 16.8 Å². The van der Waals surface area contributed by atoms with Crippen LogP contribution < -0.4 is 0 Å². The van der Waals surface area contributed by atoms with Gasteiger partial charge in [-0.2, -0.15) is 13.2 Å². The predicted octanol–water partition coefficient (Wildman–Crippen LogP) is 2.75. The summed E-state index contributed by atoms with van der Waals surface area (Å²) in [6, 6.07) is 0. The standard InChI is InChI=1S/C7H4BrF4NO2/c8-6(13(14)15)3-1-2-4(5(6)9)7(10,11)12/h1-3,5H. The Morgan fingerprint density at radius 3 is 2.47 bits per heavy atom. The van der Waals surface area contributed by atoms with Crippen molar-refractivity contribution in [3.05, 3.63) is 33.9 Å². The maximum atomic E-state index is 13.3. The summed E-state index contributed by atoms with van der Waals surface area (Å²) in [5.41, 5.74) is -1.57. The van der Waals surface area contributed by atoms with Crippen molar-refractivity contribution in [3.8, 4) is 0 Å². The van der Waals surface area contributed by atoms with Crippen LogP contribution in [0.3, 0.4) is 0 Å². The predicted molar refractivity (Wildman–Crippen MR) is 46.8 cm³/mol. The van der Waals surface area contributed by atoms with Gasteiger partial charge in [0.1, 0.15) is 0 Å². The van der Waals surface area contributed by atoms with Crippen LogP contribution in [0.15, 0.2) is 23.8 Å². The molecule has 1 rings (SSSR count). The van der Waals surface area contributed by atoms with Gasteiger partial charge in [-0.3, -0.25) is 10.1 Å². The molecule has 0 fully saturated rings. The van der Waals surface area contributed by atoms with Crippen molar-refractivity contribution < 1.29 is 22.5 Å². The molecular weight excluding hydrogens is 286 g/mol.